The van der Waals surface area contributed by atoms with Crippen molar-refractivity contribution in [1.82, 2.24) is 14.9 Å². The highest BCUT2D eigenvalue weighted by Crippen LogP contribution is 2.46. The summed E-state index contributed by atoms with van der Waals surface area (Å²) >= 11 is 0. The van der Waals surface area contributed by atoms with Crippen molar-refractivity contribution in [3.63, 3.8) is 0 Å². The molecule has 38 heavy (non-hydrogen) atoms. The van der Waals surface area contributed by atoms with E-state index in [4.69, 9.17) is 9.72 Å². The van der Waals surface area contributed by atoms with Gasteiger partial charge < -0.3 is 24.8 Å². The Morgan fingerprint density at radius 2 is 1.95 bits per heavy atom. The molecule has 9 heteroatoms. The van der Waals surface area contributed by atoms with Crippen LogP contribution >= 0.6 is 0 Å². The summed E-state index contributed by atoms with van der Waals surface area (Å²) in [6.45, 7) is 5.91. The molecule has 1 aromatic carbocycles. The smallest absolute Gasteiger partial charge is 0.343 e. The quantitative estimate of drug-likeness (QED) is 0.357. The van der Waals surface area contributed by atoms with Gasteiger partial charge in [-0.05, 0) is 80.3 Å². The summed E-state index contributed by atoms with van der Waals surface area (Å²) in [7, 11) is 0. The molecule has 2 aromatic heterocycles. The van der Waals surface area contributed by atoms with Crippen LogP contribution in [0, 0.1) is 13.8 Å². The molecule has 196 valence electrons. The molecule has 1 fully saturated rings. The van der Waals surface area contributed by atoms with Crippen LogP contribution in [-0.4, -0.2) is 37.2 Å². The molecule has 0 saturated heterocycles. The van der Waals surface area contributed by atoms with Gasteiger partial charge in [-0.1, -0.05) is 6.92 Å². The van der Waals surface area contributed by atoms with Gasteiger partial charge in [0.15, 0.2) is 5.60 Å². The monoisotopic (exact) mass is 515 g/mol. The maximum Gasteiger partial charge on any atom is 0.343 e. The van der Waals surface area contributed by atoms with Crippen molar-refractivity contribution in [2.45, 2.75) is 83.3 Å². The zero-order valence-electron chi connectivity index (χ0n) is 21.6. The maximum atomic E-state index is 13.7. The van der Waals surface area contributed by atoms with E-state index in [1.807, 2.05) is 6.07 Å². The van der Waals surface area contributed by atoms with Gasteiger partial charge in [0.05, 0.1) is 35.1 Å². The number of nitrogens with one attached hydrogen (secondary N) is 1. The van der Waals surface area contributed by atoms with Crippen molar-refractivity contribution in [3.05, 3.63) is 61.4 Å². The van der Waals surface area contributed by atoms with E-state index in [-0.39, 0.29) is 48.2 Å². The number of aliphatic hydroxyl groups is 2. The van der Waals surface area contributed by atoms with Crippen LogP contribution in [-0.2, 0) is 39.5 Å². The number of rotatable bonds is 3. The highest BCUT2D eigenvalue weighted by molar-refractivity contribution is 5.95. The number of amides is 1. The molecule has 0 bridgehead atoms. The summed E-state index contributed by atoms with van der Waals surface area (Å²) in [5.74, 6) is -1.12. The number of aryl methyl sites for hydroxylation is 2. The molecule has 0 radical (unpaired) electrons. The predicted molar refractivity (Wildman–Crippen MR) is 137 cm³/mol. The average Bonchev–Trinajstić information content (AvgIpc) is 3.55. The van der Waals surface area contributed by atoms with Crippen LogP contribution in [0.15, 0.2) is 16.9 Å². The molecule has 4 heterocycles. The first-order valence-corrected chi connectivity index (χ1v) is 13.2. The number of hydrogen-bond acceptors (Lipinski definition) is 7. The van der Waals surface area contributed by atoms with E-state index >= 15 is 0 Å². The van der Waals surface area contributed by atoms with Gasteiger partial charge in [0, 0.05) is 16.5 Å². The standard InChI is InChI=1S/C29H29N3O6/c1-4-29(37)18-10-21-24-16(11-32(21)25(33)17(18)12-38-27(29)35)23-19(31-26(34)28(36)7-8-28)6-5-15-14(3)13(2)9-20(30-24)22(15)23/h9-10,19,36-37H,4-8,11-12H2,1-3H3,(H,31,34)/t19-,29+/m1/s1. The lowest BCUT2D eigenvalue weighted by Crippen LogP contribution is -2.44. The van der Waals surface area contributed by atoms with Crippen LogP contribution in [0.4, 0.5) is 0 Å². The highest BCUT2D eigenvalue weighted by Gasteiger charge is 2.49. The zero-order valence-corrected chi connectivity index (χ0v) is 21.6. The lowest BCUT2D eigenvalue weighted by molar-refractivity contribution is -0.172. The summed E-state index contributed by atoms with van der Waals surface area (Å²) in [5, 5.41) is 25.8. The molecule has 2 aliphatic carbocycles. The van der Waals surface area contributed by atoms with Gasteiger partial charge in [-0.15, -0.1) is 0 Å². The van der Waals surface area contributed by atoms with Crippen molar-refractivity contribution in [2.75, 3.05) is 0 Å². The largest absolute Gasteiger partial charge is 0.458 e. The SMILES string of the molecule is CC[C@@]1(O)C(=O)OCc2c1cc1n(c2=O)Cc2c-1nc1cc(C)c(C)c3c1c2[C@H](NC(=O)C1(O)CC1)CC3. The van der Waals surface area contributed by atoms with Crippen molar-refractivity contribution < 1.29 is 24.5 Å². The van der Waals surface area contributed by atoms with E-state index in [2.05, 4.69) is 19.2 Å². The molecule has 3 aromatic rings. The second-order valence-electron chi connectivity index (χ2n) is 11.2. The fraction of sp³-hybridized carbons (Fsp3) is 0.448. The van der Waals surface area contributed by atoms with Crippen LogP contribution in [0.2, 0.25) is 0 Å². The van der Waals surface area contributed by atoms with E-state index in [0.29, 0.717) is 30.7 Å². The minimum absolute atomic E-state index is 0.0732. The molecule has 9 nitrogen and oxygen atoms in total. The Kier molecular flexibility index (Phi) is 4.66. The topological polar surface area (TPSA) is 131 Å². The fourth-order valence-corrected chi connectivity index (χ4v) is 6.52. The lowest BCUT2D eigenvalue weighted by atomic mass is 9.80. The van der Waals surface area contributed by atoms with E-state index in [9.17, 15) is 24.6 Å². The number of carbonyl (C=O) groups excluding carboxylic acids is 2. The molecule has 2 atom stereocenters. The Morgan fingerprint density at radius 1 is 1.18 bits per heavy atom. The number of pyridine rings is 2. The first kappa shape index (κ1) is 23.5. The Bertz CT molecular complexity index is 1680. The van der Waals surface area contributed by atoms with Crippen LogP contribution in [0.25, 0.3) is 22.3 Å². The van der Waals surface area contributed by atoms with Gasteiger partial charge in [0.2, 0.25) is 0 Å². The molecule has 1 amide bonds. The third-order valence-corrected chi connectivity index (χ3v) is 9.15. The van der Waals surface area contributed by atoms with Gasteiger partial charge in [0.1, 0.15) is 12.2 Å². The van der Waals surface area contributed by atoms with E-state index in [1.54, 1.807) is 17.6 Å². The highest BCUT2D eigenvalue weighted by atomic mass is 16.6. The summed E-state index contributed by atoms with van der Waals surface area (Å²) in [5.41, 5.74) is 4.27. The second kappa shape index (κ2) is 7.51. The van der Waals surface area contributed by atoms with Crippen LogP contribution in [0.1, 0.15) is 77.6 Å². The number of nitrogens with zero attached hydrogens (tertiary/aromatic N) is 2. The Balaban J connectivity index is 1.49. The van der Waals surface area contributed by atoms with E-state index < -0.39 is 17.2 Å². The summed E-state index contributed by atoms with van der Waals surface area (Å²) in [6, 6.07) is 3.41. The Morgan fingerprint density at radius 3 is 2.66 bits per heavy atom. The lowest BCUT2D eigenvalue weighted by Gasteiger charge is -2.31. The van der Waals surface area contributed by atoms with Crippen molar-refractivity contribution >= 4 is 22.8 Å². The van der Waals surface area contributed by atoms with Gasteiger partial charge in [-0.3, -0.25) is 9.59 Å². The van der Waals surface area contributed by atoms with Gasteiger partial charge >= 0.3 is 5.97 Å². The Labute approximate surface area is 218 Å². The summed E-state index contributed by atoms with van der Waals surface area (Å²) < 4.78 is 6.82. The number of fused-ring (bicyclic) bond motifs is 5. The first-order chi connectivity index (χ1) is 18.1. The fourth-order valence-electron chi connectivity index (χ4n) is 6.52. The van der Waals surface area contributed by atoms with E-state index in [0.717, 1.165) is 34.0 Å². The predicted octanol–water partition coefficient (Wildman–Crippen LogP) is 2.32. The molecule has 0 spiro atoms. The molecule has 0 unspecified atom stereocenters. The normalized spacial score (nSPS) is 23.9. The van der Waals surface area contributed by atoms with E-state index in [1.165, 1.54) is 11.1 Å². The van der Waals surface area contributed by atoms with Crippen LogP contribution in [0.5, 0.6) is 0 Å². The number of aromatic nitrogens is 2. The molecule has 7 rings (SSSR count). The van der Waals surface area contributed by atoms with Gasteiger partial charge in [0.25, 0.3) is 11.5 Å². The van der Waals surface area contributed by atoms with Crippen LogP contribution in [0.3, 0.4) is 0 Å². The van der Waals surface area contributed by atoms with Gasteiger partial charge in [-0.2, -0.15) is 0 Å². The Hall–Kier alpha value is -3.56. The number of carbonyl (C=O) groups is 2. The third kappa shape index (κ3) is 2.94. The zero-order chi connectivity index (χ0) is 26.7. The summed E-state index contributed by atoms with van der Waals surface area (Å²) in [4.78, 5) is 44.2. The molecular formula is C29H29N3O6. The molecule has 1 saturated carbocycles. The molecule has 4 aliphatic rings. The average molecular weight is 516 g/mol. The second-order valence-corrected chi connectivity index (χ2v) is 11.2. The number of benzene rings is 1. The first-order valence-electron chi connectivity index (χ1n) is 13.2. The van der Waals surface area contributed by atoms with Crippen molar-refractivity contribution in [1.29, 1.82) is 0 Å². The minimum atomic E-state index is -1.90. The number of cyclic esters (lactones) is 1. The number of hydrogen-bond donors (Lipinski definition) is 3. The minimum Gasteiger partial charge on any atom is -0.458 e. The van der Waals surface area contributed by atoms with Crippen molar-refractivity contribution in [2.24, 2.45) is 0 Å². The summed E-state index contributed by atoms with van der Waals surface area (Å²) in [6.07, 6.45) is 2.43. The number of ether oxygens (including phenoxy) is 1. The number of esters is 1. The maximum absolute atomic E-state index is 13.7. The molecule has 2 aliphatic heterocycles. The van der Waals surface area contributed by atoms with Gasteiger partial charge in [-0.25, -0.2) is 9.78 Å². The molecular weight excluding hydrogens is 486 g/mol. The molecule has 3 N–H and O–H groups in total. The van der Waals surface area contributed by atoms with Crippen LogP contribution < -0.4 is 10.9 Å². The van der Waals surface area contributed by atoms with Crippen molar-refractivity contribution in [3.8, 4) is 11.4 Å². The third-order valence-electron chi connectivity index (χ3n) is 9.15.